The number of benzene rings is 1. The van der Waals surface area contributed by atoms with Gasteiger partial charge in [-0.1, -0.05) is 30.3 Å². The number of rotatable bonds is 4. The Hall–Kier alpha value is -0.940. The first-order valence-corrected chi connectivity index (χ1v) is 7.65. The Bertz CT molecular complexity index is 503. The number of likely N-dealkylation sites (tertiary alicyclic amines) is 1. The first-order chi connectivity index (χ1) is 9.36. The molecule has 1 saturated heterocycles. The molecule has 0 bridgehead atoms. The van der Waals surface area contributed by atoms with E-state index in [4.69, 9.17) is 5.73 Å². The molecule has 1 aliphatic rings. The van der Waals surface area contributed by atoms with E-state index < -0.39 is 0 Å². The molecule has 0 aliphatic carbocycles. The zero-order valence-corrected chi connectivity index (χ0v) is 12.9. The van der Waals surface area contributed by atoms with E-state index in [0.29, 0.717) is 11.8 Å². The molecule has 0 spiro atoms. The predicted octanol–water partition coefficient (Wildman–Crippen LogP) is 2.74. The number of hydrogen-bond acceptors (Lipinski definition) is 4. The number of nitrogens with zero attached hydrogens (tertiary/aromatic N) is 2. The molecule has 5 heteroatoms. The molecule has 0 radical (unpaired) electrons. The highest BCUT2D eigenvalue weighted by atomic mass is 35.5. The zero-order chi connectivity index (χ0) is 13.1. The number of hydrogen-bond donors (Lipinski definition) is 1. The Morgan fingerprint density at radius 3 is 2.70 bits per heavy atom. The van der Waals surface area contributed by atoms with Gasteiger partial charge in [-0.15, -0.1) is 23.7 Å². The van der Waals surface area contributed by atoms with E-state index in [1.54, 1.807) is 11.3 Å². The van der Waals surface area contributed by atoms with Gasteiger partial charge in [0.15, 0.2) is 0 Å². The fourth-order valence-corrected chi connectivity index (χ4v) is 3.50. The molecular weight excluding hydrogens is 290 g/mol. The van der Waals surface area contributed by atoms with Gasteiger partial charge in [0.05, 0.1) is 11.2 Å². The van der Waals surface area contributed by atoms with Crippen LogP contribution in [0.4, 0.5) is 0 Å². The lowest BCUT2D eigenvalue weighted by molar-refractivity contribution is 0.313. The summed E-state index contributed by atoms with van der Waals surface area (Å²) < 4.78 is 0. The lowest BCUT2D eigenvalue weighted by atomic mass is 9.89. The smallest absolute Gasteiger partial charge is 0.0795 e. The second-order valence-electron chi connectivity index (χ2n) is 5.19. The van der Waals surface area contributed by atoms with Crippen molar-refractivity contribution < 1.29 is 0 Å². The predicted molar refractivity (Wildman–Crippen MR) is 86.4 cm³/mol. The molecule has 1 aliphatic heterocycles. The molecule has 20 heavy (non-hydrogen) atoms. The van der Waals surface area contributed by atoms with Gasteiger partial charge >= 0.3 is 0 Å². The summed E-state index contributed by atoms with van der Waals surface area (Å²) >= 11 is 1.66. The molecule has 3 rings (SSSR count). The first kappa shape index (κ1) is 15.4. The minimum absolute atomic E-state index is 0. The number of aromatic nitrogens is 1. The average molecular weight is 310 g/mol. The highest BCUT2D eigenvalue weighted by molar-refractivity contribution is 7.07. The van der Waals surface area contributed by atoms with Crippen LogP contribution in [0.25, 0.3) is 0 Å². The Labute approximate surface area is 130 Å². The van der Waals surface area contributed by atoms with E-state index >= 15 is 0 Å². The Kier molecular flexibility index (Phi) is 5.54. The van der Waals surface area contributed by atoms with Crippen LogP contribution in [-0.2, 0) is 6.54 Å². The molecular formula is C15H20ClN3S. The van der Waals surface area contributed by atoms with E-state index in [1.165, 1.54) is 11.3 Å². The maximum atomic E-state index is 5.96. The minimum Gasteiger partial charge on any atom is -0.330 e. The molecule has 1 fully saturated rings. The minimum atomic E-state index is 0. The molecule has 0 saturated carbocycles. The second kappa shape index (κ2) is 7.18. The van der Waals surface area contributed by atoms with Crippen LogP contribution in [-0.4, -0.2) is 29.5 Å². The molecule has 2 heterocycles. The molecule has 3 nitrogen and oxygen atoms in total. The zero-order valence-electron chi connectivity index (χ0n) is 11.3. The Balaban J connectivity index is 0.00000147. The van der Waals surface area contributed by atoms with Gasteiger partial charge in [0.1, 0.15) is 0 Å². The molecule has 2 N–H and O–H groups in total. The van der Waals surface area contributed by atoms with Crippen molar-refractivity contribution >= 4 is 23.7 Å². The molecule has 108 valence electrons. The van der Waals surface area contributed by atoms with Gasteiger partial charge in [-0.25, -0.2) is 4.98 Å². The van der Waals surface area contributed by atoms with Crippen LogP contribution < -0.4 is 5.73 Å². The number of nitrogens with two attached hydrogens (primary N) is 1. The fraction of sp³-hybridized carbons (Fsp3) is 0.400. The molecule has 1 aromatic heterocycles. The average Bonchev–Trinajstić information content (AvgIpc) is 3.09. The summed E-state index contributed by atoms with van der Waals surface area (Å²) in [6.45, 7) is 3.87. The van der Waals surface area contributed by atoms with Gasteiger partial charge in [0.25, 0.3) is 0 Å². The van der Waals surface area contributed by atoms with Gasteiger partial charge in [-0.3, -0.25) is 4.90 Å². The van der Waals surface area contributed by atoms with Crippen LogP contribution >= 0.6 is 23.7 Å². The highest BCUT2D eigenvalue weighted by Crippen LogP contribution is 2.32. The van der Waals surface area contributed by atoms with Gasteiger partial charge in [0, 0.05) is 30.9 Å². The van der Waals surface area contributed by atoms with E-state index in [2.05, 4.69) is 45.6 Å². The van der Waals surface area contributed by atoms with E-state index in [1.807, 2.05) is 5.51 Å². The normalized spacial score (nSPS) is 22.6. The van der Waals surface area contributed by atoms with Crippen LogP contribution in [0, 0.1) is 5.92 Å². The van der Waals surface area contributed by atoms with Crippen molar-refractivity contribution in [3.63, 3.8) is 0 Å². The third kappa shape index (κ3) is 3.38. The van der Waals surface area contributed by atoms with Crippen molar-refractivity contribution in [2.75, 3.05) is 19.6 Å². The van der Waals surface area contributed by atoms with Crippen LogP contribution in [0.15, 0.2) is 41.2 Å². The van der Waals surface area contributed by atoms with Gasteiger partial charge in [-0.2, -0.15) is 0 Å². The maximum absolute atomic E-state index is 5.96. The molecule has 0 unspecified atom stereocenters. The van der Waals surface area contributed by atoms with Crippen molar-refractivity contribution in [3.8, 4) is 0 Å². The third-order valence-corrected chi connectivity index (χ3v) is 4.55. The van der Waals surface area contributed by atoms with Crippen molar-refractivity contribution in [2.45, 2.75) is 12.5 Å². The maximum Gasteiger partial charge on any atom is 0.0795 e. The first-order valence-electron chi connectivity index (χ1n) is 6.71. The van der Waals surface area contributed by atoms with Crippen molar-refractivity contribution in [3.05, 3.63) is 52.5 Å². The van der Waals surface area contributed by atoms with Gasteiger partial charge in [-0.05, 0) is 18.0 Å². The van der Waals surface area contributed by atoms with Gasteiger partial charge in [0.2, 0.25) is 0 Å². The fourth-order valence-electron chi connectivity index (χ4n) is 2.95. The van der Waals surface area contributed by atoms with E-state index in [0.717, 1.165) is 26.2 Å². The SMILES string of the molecule is Cl.NC[C@@H]1CN(Cc2cscn2)C[C@H]1c1ccccc1. The highest BCUT2D eigenvalue weighted by Gasteiger charge is 2.32. The lowest BCUT2D eigenvalue weighted by Gasteiger charge is -2.16. The summed E-state index contributed by atoms with van der Waals surface area (Å²) in [7, 11) is 0. The summed E-state index contributed by atoms with van der Waals surface area (Å²) in [5, 5.41) is 2.13. The molecule has 0 amide bonds. The molecule has 1 aromatic carbocycles. The third-order valence-electron chi connectivity index (χ3n) is 3.92. The summed E-state index contributed by atoms with van der Waals surface area (Å²) in [6.07, 6.45) is 0. The van der Waals surface area contributed by atoms with E-state index in [-0.39, 0.29) is 12.4 Å². The topological polar surface area (TPSA) is 42.1 Å². The monoisotopic (exact) mass is 309 g/mol. The van der Waals surface area contributed by atoms with Gasteiger partial charge < -0.3 is 5.73 Å². The second-order valence-corrected chi connectivity index (χ2v) is 5.91. The van der Waals surface area contributed by atoms with Crippen LogP contribution in [0.2, 0.25) is 0 Å². The van der Waals surface area contributed by atoms with Crippen molar-refractivity contribution in [1.29, 1.82) is 0 Å². The lowest BCUT2D eigenvalue weighted by Crippen LogP contribution is -2.23. The number of thiazole rings is 1. The number of halogens is 1. The standard InChI is InChI=1S/C15H19N3S.ClH/c16-6-13-7-18(8-14-10-19-11-17-14)9-15(13)12-4-2-1-3-5-12;/h1-5,10-11,13,15H,6-9,16H2;1H/t13-,15+;/m1./s1. The summed E-state index contributed by atoms with van der Waals surface area (Å²) in [6, 6.07) is 10.8. The quantitative estimate of drug-likeness (QED) is 0.944. The van der Waals surface area contributed by atoms with E-state index in [9.17, 15) is 0 Å². The van der Waals surface area contributed by atoms with Crippen molar-refractivity contribution in [2.24, 2.45) is 11.7 Å². The summed E-state index contributed by atoms with van der Waals surface area (Å²) in [4.78, 5) is 6.85. The summed E-state index contributed by atoms with van der Waals surface area (Å²) in [5.41, 5.74) is 10.5. The largest absolute Gasteiger partial charge is 0.330 e. The Morgan fingerprint density at radius 2 is 2.05 bits per heavy atom. The van der Waals surface area contributed by atoms with Crippen LogP contribution in [0.1, 0.15) is 17.2 Å². The summed E-state index contributed by atoms with van der Waals surface area (Å²) in [5.74, 6) is 1.12. The molecule has 2 aromatic rings. The van der Waals surface area contributed by atoms with Crippen LogP contribution in [0.3, 0.4) is 0 Å². The Morgan fingerprint density at radius 1 is 1.25 bits per heavy atom. The molecule has 2 atom stereocenters. The van der Waals surface area contributed by atoms with Crippen molar-refractivity contribution in [1.82, 2.24) is 9.88 Å². The van der Waals surface area contributed by atoms with Crippen LogP contribution in [0.5, 0.6) is 0 Å².